The van der Waals surface area contributed by atoms with Gasteiger partial charge in [-0.2, -0.15) is 0 Å². The van der Waals surface area contributed by atoms with Crippen molar-refractivity contribution in [3.63, 3.8) is 0 Å². The molecule has 0 saturated carbocycles. The Hall–Kier alpha value is -2.71. The second-order valence-electron chi connectivity index (χ2n) is 3.71. The second kappa shape index (κ2) is 7.67. The lowest BCUT2D eigenvalue weighted by Crippen LogP contribution is -2.10. The molecule has 0 N–H and O–H groups in total. The van der Waals surface area contributed by atoms with Crippen molar-refractivity contribution < 1.29 is 24.4 Å². The van der Waals surface area contributed by atoms with Crippen LogP contribution < -0.4 is 4.74 Å². The molecule has 0 aliphatic carbocycles. The van der Waals surface area contributed by atoms with Crippen LogP contribution in [-0.4, -0.2) is 22.6 Å². The third-order valence-corrected chi connectivity index (χ3v) is 2.26. The molecular weight excluding hydrogens is 272 g/mol. The number of benzene rings is 1. The van der Waals surface area contributed by atoms with Crippen LogP contribution in [0.2, 0.25) is 0 Å². The molecule has 0 heterocycles. The number of rotatable bonds is 8. The van der Waals surface area contributed by atoms with Gasteiger partial charge in [0.1, 0.15) is 0 Å². The molecular formula is C11H12N2O7. The van der Waals surface area contributed by atoms with Crippen LogP contribution in [0, 0.1) is 20.2 Å². The summed E-state index contributed by atoms with van der Waals surface area (Å²) in [5.74, 6) is -0.760. The number of para-hydroxylation sites is 2. The zero-order valence-corrected chi connectivity index (χ0v) is 10.4. The summed E-state index contributed by atoms with van der Waals surface area (Å²) in [7, 11) is 0. The normalized spacial score (nSPS) is 9.80. The van der Waals surface area contributed by atoms with Gasteiger partial charge >= 0.3 is 11.7 Å². The molecule has 0 fully saturated rings. The summed E-state index contributed by atoms with van der Waals surface area (Å²) in [6.07, 6.45) is 0.632. The quantitative estimate of drug-likeness (QED) is 0.235. The summed E-state index contributed by atoms with van der Waals surface area (Å²) in [6, 6.07) is 5.53. The Bertz CT molecular complexity index is 503. The minimum atomic E-state index is -0.911. The molecule has 0 amide bonds. The minimum Gasteiger partial charge on any atom is -0.419 e. The highest BCUT2D eigenvalue weighted by Crippen LogP contribution is 2.26. The van der Waals surface area contributed by atoms with E-state index in [-0.39, 0.29) is 24.5 Å². The zero-order chi connectivity index (χ0) is 15.0. The average molecular weight is 284 g/mol. The third-order valence-electron chi connectivity index (χ3n) is 2.26. The number of unbranched alkanes of at least 4 members (excludes halogenated alkanes) is 1. The molecule has 1 aromatic rings. The third kappa shape index (κ3) is 5.29. The number of carbonyl (C=O) groups excluding carboxylic acids is 1. The molecule has 0 saturated heterocycles. The molecule has 0 aromatic heterocycles. The number of hydrogen-bond donors (Lipinski definition) is 0. The molecule has 9 heteroatoms. The van der Waals surface area contributed by atoms with Crippen molar-refractivity contribution in [3.8, 4) is 5.75 Å². The van der Waals surface area contributed by atoms with E-state index in [1.54, 1.807) is 0 Å². The van der Waals surface area contributed by atoms with E-state index < -0.39 is 16.0 Å². The van der Waals surface area contributed by atoms with Crippen molar-refractivity contribution in [3.05, 3.63) is 44.5 Å². The average Bonchev–Trinajstić information content (AvgIpc) is 2.38. The van der Waals surface area contributed by atoms with E-state index >= 15 is 0 Å². The molecule has 0 unspecified atom stereocenters. The first kappa shape index (κ1) is 15.3. The molecule has 0 aliphatic heterocycles. The van der Waals surface area contributed by atoms with Crippen molar-refractivity contribution in [1.82, 2.24) is 0 Å². The van der Waals surface area contributed by atoms with Gasteiger partial charge in [0.25, 0.3) is 5.09 Å². The predicted octanol–water partition coefficient (Wildman–Crippen LogP) is 1.88. The first-order valence-electron chi connectivity index (χ1n) is 5.72. The Morgan fingerprint density at radius 2 is 1.85 bits per heavy atom. The van der Waals surface area contributed by atoms with Crippen LogP contribution in [0.25, 0.3) is 0 Å². The van der Waals surface area contributed by atoms with Gasteiger partial charge in [-0.25, -0.2) is 0 Å². The highest BCUT2D eigenvalue weighted by molar-refractivity contribution is 5.73. The fourth-order valence-electron chi connectivity index (χ4n) is 1.38. The van der Waals surface area contributed by atoms with Crippen LogP contribution in [0.3, 0.4) is 0 Å². The highest BCUT2D eigenvalue weighted by Gasteiger charge is 2.16. The maximum Gasteiger partial charge on any atom is 0.311 e. The van der Waals surface area contributed by atoms with Gasteiger partial charge in [-0.1, -0.05) is 12.1 Å². The fourth-order valence-corrected chi connectivity index (χ4v) is 1.38. The van der Waals surface area contributed by atoms with E-state index in [0.29, 0.717) is 12.8 Å². The lowest BCUT2D eigenvalue weighted by Gasteiger charge is -2.04. The minimum absolute atomic E-state index is 0.00682. The number of carbonyl (C=O) groups is 1. The van der Waals surface area contributed by atoms with Crippen LogP contribution in [0.5, 0.6) is 5.75 Å². The van der Waals surface area contributed by atoms with Crippen LogP contribution >= 0.6 is 0 Å². The molecule has 0 spiro atoms. The number of hydrogen-bond acceptors (Lipinski definition) is 7. The molecule has 9 nitrogen and oxygen atoms in total. The van der Waals surface area contributed by atoms with Crippen molar-refractivity contribution in [2.45, 2.75) is 19.3 Å². The van der Waals surface area contributed by atoms with Gasteiger partial charge in [0.15, 0.2) is 0 Å². The van der Waals surface area contributed by atoms with E-state index in [2.05, 4.69) is 4.84 Å². The van der Waals surface area contributed by atoms with Crippen molar-refractivity contribution in [2.75, 3.05) is 6.61 Å². The smallest absolute Gasteiger partial charge is 0.311 e. The Labute approximate surface area is 113 Å². The van der Waals surface area contributed by atoms with Gasteiger partial charge in [0, 0.05) is 12.5 Å². The predicted molar refractivity (Wildman–Crippen MR) is 65.5 cm³/mol. The van der Waals surface area contributed by atoms with Gasteiger partial charge in [0.05, 0.1) is 11.5 Å². The summed E-state index contributed by atoms with van der Waals surface area (Å²) in [5, 5.41) is 19.7. The van der Waals surface area contributed by atoms with Crippen LogP contribution in [0.4, 0.5) is 5.69 Å². The molecule has 0 radical (unpaired) electrons. The Morgan fingerprint density at radius 1 is 1.15 bits per heavy atom. The standard InChI is InChI=1S/C11H12N2O7/c14-11(7-3-4-8-19-13(17)18)20-10-6-2-1-5-9(10)12(15)16/h1-2,5-6H,3-4,7-8H2. The summed E-state index contributed by atoms with van der Waals surface area (Å²) >= 11 is 0. The Balaban J connectivity index is 2.39. The second-order valence-corrected chi connectivity index (χ2v) is 3.71. The molecule has 20 heavy (non-hydrogen) atoms. The summed E-state index contributed by atoms with van der Waals surface area (Å²) in [6.45, 7) is -0.105. The molecule has 0 aliphatic rings. The highest BCUT2D eigenvalue weighted by atomic mass is 16.9. The van der Waals surface area contributed by atoms with E-state index in [1.807, 2.05) is 0 Å². The fraction of sp³-hybridized carbons (Fsp3) is 0.364. The summed E-state index contributed by atoms with van der Waals surface area (Å²) < 4.78 is 4.88. The number of esters is 1. The van der Waals surface area contributed by atoms with Crippen LogP contribution in [0.15, 0.2) is 24.3 Å². The molecule has 1 rings (SSSR count). The molecule has 0 bridgehead atoms. The molecule has 0 atom stereocenters. The summed E-state index contributed by atoms with van der Waals surface area (Å²) in [5.41, 5.74) is -0.294. The molecule has 108 valence electrons. The van der Waals surface area contributed by atoms with Crippen LogP contribution in [0.1, 0.15) is 19.3 Å². The largest absolute Gasteiger partial charge is 0.419 e. The van der Waals surface area contributed by atoms with Gasteiger partial charge < -0.3 is 9.57 Å². The van der Waals surface area contributed by atoms with Crippen molar-refractivity contribution >= 4 is 11.7 Å². The van der Waals surface area contributed by atoms with E-state index in [0.717, 1.165) is 0 Å². The Morgan fingerprint density at radius 3 is 2.50 bits per heavy atom. The first-order valence-corrected chi connectivity index (χ1v) is 5.72. The molecule has 1 aromatic carbocycles. The number of nitrogens with zero attached hydrogens (tertiary/aromatic N) is 2. The maximum absolute atomic E-state index is 11.5. The van der Waals surface area contributed by atoms with Crippen molar-refractivity contribution in [1.29, 1.82) is 0 Å². The number of nitro groups is 1. The van der Waals surface area contributed by atoms with Crippen LogP contribution in [-0.2, 0) is 9.63 Å². The monoisotopic (exact) mass is 284 g/mol. The lowest BCUT2D eigenvalue weighted by atomic mass is 10.2. The van der Waals surface area contributed by atoms with Gasteiger partial charge in [-0.05, 0) is 18.9 Å². The topological polar surface area (TPSA) is 122 Å². The SMILES string of the molecule is O=C(CCCCO[N+](=O)[O-])Oc1ccccc1[N+](=O)[O-]. The first-order chi connectivity index (χ1) is 9.50. The Kier molecular flexibility index (Phi) is 5.88. The van der Waals surface area contributed by atoms with Gasteiger partial charge in [0.2, 0.25) is 5.75 Å². The summed E-state index contributed by atoms with van der Waals surface area (Å²) in [4.78, 5) is 35.5. The van der Waals surface area contributed by atoms with Gasteiger partial charge in [-0.15, -0.1) is 10.1 Å². The maximum atomic E-state index is 11.5. The lowest BCUT2D eigenvalue weighted by molar-refractivity contribution is -0.757. The van der Waals surface area contributed by atoms with Gasteiger partial charge in [-0.3, -0.25) is 14.9 Å². The van der Waals surface area contributed by atoms with E-state index in [1.165, 1.54) is 24.3 Å². The number of ether oxygens (including phenoxy) is 1. The zero-order valence-electron chi connectivity index (χ0n) is 10.4. The van der Waals surface area contributed by atoms with E-state index in [9.17, 15) is 25.0 Å². The van der Waals surface area contributed by atoms with Crippen molar-refractivity contribution in [2.24, 2.45) is 0 Å². The number of nitro benzene ring substituents is 1. The van der Waals surface area contributed by atoms with E-state index in [4.69, 9.17) is 4.74 Å².